The third-order valence-electron chi connectivity index (χ3n) is 0.563. The molecule has 0 atom stereocenters. The molecule has 0 amide bonds. The molecule has 0 N–H and O–H groups in total. The largest absolute Gasteiger partial charge is 0.191 e. The molecule has 50 valence electrons. The highest BCUT2D eigenvalue weighted by Crippen LogP contribution is 1.80. The molecular formula is C5H10N4. The average molecular weight is 126 g/mol. The Kier molecular flexibility index (Phi) is 4.49. The van der Waals surface area contributed by atoms with E-state index in [2.05, 4.69) is 20.4 Å². The van der Waals surface area contributed by atoms with Crippen molar-refractivity contribution in [1.29, 1.82) is 0 Å². The Morgan fingerprint density at radius 2 is 2.11 bits per heavy atom. The van der Waals surface area contributed by atoms with Crippen LogP contribution in [0.5, 0.6) is 0 Å². The second-order valence-corrected chi connectivity index (χ2v) is 1.32. The minimum absolute atomic E-state index is 0.565. The summed E-state index contributed by atoms with van der Waals surface area (Å²) in [7, 11) is 1.59. The van der Waals surface area contributed by atoms with Gasteiger partial charge in [-0.1, -0.05) is 0 Å². The van der Waals surface area contributed by atoms with Gasteiger partial charge in [-0.2, -0.15) is 10.2 Å². The van der Waals surface area contributed by atoms with E-state index in [-0.39, 0.29) is 0 Å². The van der Waals surface area contributed by atoms with Gasteiger partial charge >= 0.3 is 0 Å². The minimum atomic E-state index is 0.565. The van der Waals surface area contributed by atoms with E-state index in [1.807, 2.05) is 0 Å². The van der Waals surface area contributed by atoms with E-state index in [1.165, 1.54) is 0 Å². The molecule has 4 nitrogen and oxygen atoms in total. The second kappa shape index (κ2) is 5.08. The van der Waals surface area contributed by atoms with Crippen LogP contribution in [0.4, 0.5) is 0 Å². The van der Waals surface area contributed by atoms with Gasteiger partial charge in [0.05, 0.1) is 0 Å². The monoisotopic (exact) mass is 126 g/mol. The van der Waals surface area contributed by atoms with E-state index in [0.29, 0.717) is 5.84 Å². The van der Waals surface area contributed by atoms with Gasteiger partial charge in [0, 0.05) is 13.3 Å². The van der Waals surface area contributed by atoms with Gasteiger partial charge in [0.1, 0.15) is 0 Å². The molecule has 0 aromatic heterocycles. The van der Waals surface area contributed by atoms with Crippen LogP contribution in [0.3, 0.4) is 0 Å². The van der Waals surface area contributed by atoms with Crippen LogP contribution >= 0.6 is 0 Å². The molecule has 0 bridgehead atoms. The summed E-state index contributed by atoms with van der Waals surface area (Å²) >= 11 is 0. The summed E-state index contributed by atoms with van der Waals surface area (Å²) in [6.07, 6.45) is 1.59. The Balaban J connectivity index is 3.84. The van der Waals surface area contributed by atoms with Crippen molar-refractivity contribution in [2.45, 2.75) is 13.8 Å². The first-order chi connectivity index (χ1) is 4.31. The normalized spacial score (nSPS) is 13.9. The van der Waals surface area contributed by atoms with Crippen molar-refractivity contribution >= 4 is 12.1 Å². The maximum atomic E-state index is 3.66. The van der Waals surface area contributed by atoms with Crippen molar-refractivity contribution in [2.24, 2.45) is 20.4 Å². The first kappa shape index (κ1) is 7.94. The molecule has 0 fully saturated rings. The standard InChI is InChI=1S/C5H10N4/c1-4-7-9-5(2)8-6-3/h4H,1-3H3/b7-4+,8-6?,9-5-. The molecule has 0 aliphatic rings. The summed E-state index contributed by atoms with van der Waals surface area (Å²) < 4.78 is 0. The van der Waals surface area contributed by atoms with Crippen molar-refractivity contribution in [1.82, 2.24) is 0 Å². The molecule has 0 radical (unpaired) electrons. The predicted molar refractivity (Wildman–Crippen MR) is 38.1 cm³/mol. The number of nitrogens with zero attached hydrogens (tertiary/aromatic N) is 4. The Morgan fingerprint density at radius 3 is 2.56 bits per heavy atom. The zero-order valence-corrected chi connectivity index (χ0v) is 5.87. The van der Waals surface area contributed by atoms with Crippen molar-refractivity contribution in [3.8, 4) is 0 Å². The quantitative estimate of drug-likeness (QED) is 0.221. The zero-order chi connectivity index (χ0) is 7.11. The lowest BCUT2D eigenvalue weighted by Crippen LogP contribution is -1.80. The summed E-state index contributed by atoms with van der Waals surface area (Å²) in [5, 5.41) is 14.4. The summed E-state index contributed by atoms with van der Waals surface area (Å²) in [4.78, 5) is 0. The van der Waals surface area contributed by atoms with E-state index in [4.69, 9.17) is 0 Å². The van der Waals surface area contributed by atoms with Gasteiger partial charge in [0.25, 0.3) is 0 Å². The maximum Gasteiger partial charge on any atom is 0.169 e. The van der Waals surface area contributed by atoms with Crippen molar-refractivity contribution < 1.29 is 0 Å². The molecule has 0 unspecified atom stereocenters. The van der Waals surface area contributed by atoms with Gasteiger partial charge in [-0.25, -0.2) is 0 Å². The van der Waals surface area contributed by atoms with Crippen LogP contribution in [0.2, 0.25) is 0 Å². The van der Waals surface area contributed by atoms with Gasteiger partial charge < -0.3 is 0 Å². The van der Waals surface area contributed by atoms with E-state index < -0.39 is 0 Å². The van der Waals surface area contributed by atoms with E-state index in [9.17, 15) is 0 Å². The van der Waals surface area contributed by atoms with Crippen LogP contribution in [0, 0.1) is 0 Å². The molecule has 0 aromatic carbocycles. The highest BCUT2D eigenvalue weighted by Gasteiger charge is 1.78. The summed E-state index contributed by atoms with van der Waals surface area (Å²) in [6.45, 7) is 3.53. The molecule has 0 aromatic rings. The lowest BCUT2D eigenvalue weighted by molar-refractivity contribution is 1.14. The smallest absolute Gasteiger partial charge is 0.169 e. The van der Waals surface area contributed by atoms with Gasteiger partial charge in [-0.15, -0.1) is 10.2 Å². The van der Waals surface area contributed by atoms with Crippen LogP contribution in [0.15, 0.2) is 20.4 Å². The summed E-state index contributed by atoms with van der Waals surface area (Å²) in [6, 6.07) is 0. The summed E-state index contributed by atoms with van der Waals surface area (Å²) in [5.74, 6) is 0.565. The lowest BCUT2D eigenvalue weighted by Gasteiger charge is -1.80. The third-order valence-corrected chi connectivity index (χ3v) is 0.563. The van der Waals surface area contributed by atoms with E-state index in [0.717, 1.165) is 0 Å². The molecule has 0 saturated heterocycles. The molecule has 0 aliphatic heterocycles. The molecule has 4 heteroatoms. The van der Waals surface area contributed by atoms with Crippen LogP contribution in [-0.4, -0.2) is 19.1 Å². The molecule has 9 heavy (non-hydrogen) atoms. The Labute approximate surface area is 54.4 Å². The highest BCUT2D eigenvalue weighted by molar-refractivity contribution is 5.80. The third kappa shape index (κ3) is 4.80. The average Bonchev–Trinajstić information content (AvgIpc) is 1.85. The fraction of sp³-hybridized carbons (Fsp3) is 0.600. The molecule has 0 aliphatic carbocycles. The first-order valence-corrected chi connectivity index (χ1v) is 2.63. The lowest BCUT2D eigenvalue weighted by atomic mass is 10.7. The number of hydrogen-bond acceptors (Lipinski definition) is 3. The van der Waals surface area contributed by atoms with Crippen molar-refractivity contribution in [2.75, 3.05) is 7.05 Å². The first-order valence-electron chi connectivity index (χ1n) is 2.63. The minimum Gasteiger partial charge on any atom is -0.191 e. The van der Waals surface area contributed by atoms with Crippen molar-refractivity contribution in [3.05, 3.63) is 0 Å². The number of hydrogen-bond donors (Lipinski definition) is 0. The number of amidine groups is 1. The summed E-state index contributed by atoms with van der Waals surface area (Å²) in [5.41, 5.74) is 0. The zero-order valence-electron chi connectivity index (χ0n) is 5.87. The number of azo groups is 1. The highest BCUT2D eigenvalue weighted by atomic mass is 15.3. The van der Waals surface area contributed by atoms with Crippen molar-refractivity contribution in [3.63, 3.8) is 0 Å². The van der Waals surface area contributed by atoms with Gasteiger partial charge in [-0.05, 0) is 13.8 Å². The molecule has 0 spiro atoms. The molecular weight excluding hydrogens is 116 g/mol. The Morgan fingerprint density at radius 1 is 1.44 bits per heavy atom. The fourth-order valence-corrected chi connectivity index (χ4v) is 0.306. The second-order valence-electron chi connectivity index (χ2n) is 1.32. The van der Waals surface area contributed by atoms with E-state index >= 15 is 0 Å². The van der Waals surface area contributed by atoms with Gasteiger partial charge in [0.2, 0.25) is 0 Å². The fourth-order valence-electron chi connectivity index (χ4n) is 0.306. The number of rotatable bonds is 1. The maximum absolute atomic E-state index is 3.66. The van der Waals surface area contributed by atoms with Crippen LogP contribution in [0.1, 0.15) is 13.8 Å². The Bertz CT molecular complexity index is 145. The van der Waals surface area contributed by atoms with E-state index in [1.54, 1.807) is 27.1 Å². The topological polar surface area (TPSA) is 49.4 Å². The van der Waals surface area contributed by atoms with Crippen LogP contribution in [0.25, 0.3) is 0 Å². The van der Waals surface area contributed by atoms with Crippen LogP contribution < -0.4 is 0 Å². The van der Waals surface area contributed by atoms with Gasteiger partial charge in [0.15, 0.2) is 5.84 Å². The molecule has 0 saturated carbocycles. The van der Waals surface area contributed by atoms with Crippen LogP contribution in [-0.2, 0) is 0 Å². The Hall–Kier alpha value is -1.06. The van der Waals surface area contributed by atoms with Gasteiger partial charge in [-0.3, -0.25) is 0 Å². The predicted octanol–water partition coefficient (Wildman–Crippen LogP) is 1.49. The molecule has 0 rings (SSSR count). The molecule has 0 heterocycles. The SMILES string of the molecule is C/C=N/N=C(/C)N=NC.